The minimum Gasteiger partial charge on any atom is -0.348 e. The molecule has 1 aromatic rings. The van der Waals surface area contributed by atoms with Crippen LogP contribution in [0.5, 0.6) is 0 Å². The van der Waals surface area contributed by atoms with Crippen molar-refractivity contribution in [3.63, 3.8) is 0 Å². The third kappa shape index (κ3) is 3.04. The molecule has 1 N–H and O–H groups in total. The SMILES string of the molecule is CC1CN(C)CCC1NC(=O)c1cccc(F)n1. The number of carbonyl (C=O) groups excluding carboxylic acids is 1. The highest BCUT2D eigenvalue weighted by atomic mass is 19.1. The van der Waals surface area contributed by atoms with E-state index in [1.54, 1.807) is 0 Å². The first kappa shape index (κ1) is 13.0. The molecule has 0 aliphatic carbocycles. The zero-order chi connectivity index (χ0) is 13.1. The molecule has 1 aliphatic rings. The van der Waals surface area contributed by atoms with Crippen LogP contribution in [0, 0.1) is 11.9 Å². The van der Waals surface area contributed by atoms with E-state index in [1.165, 1.54) is 18.2 Å². The number of nitrogens with one attached hydrogen (secondary N) is 1. The molecular weight excluding hydrogens is 233 g/mol. The molecule has 2 heterocycles. The Balaban J connectivity index is 1.99. The topological polar surface area (TPSA) is 45.2 Å². The highest BCUT2D eigenvalue weighted by Crippen LogP contribution is 2.15. The van der Waals surface area contributed by atoms with Gasteiger partial charge in [-0.1, -0.05) is 13.0 Å². The molecular formula is C13H18FN3O. The Kier molecular flexibility index (Phi) is 3.91. The third-order valence-electron chi connectivity index (χ3n) is 3.37. The number of nitrogens with zero attached hydrogens (tertiary/aromatic N) is 2. The van der Waals surface area contributed by atoms with Gasteiger partial charge in [-0.05, 0) is 38.1 Å². The number of hydrogen-bond donors (Lipinski definition) is 1. The number of halogens is 1. The van der Waals surface area contributed by atoms with Crippen molar-refractivity contribution in [3.05, 3.63) is 29.8 Å². The van der Waals surface area contributed by atoms with Crippen molar-refractivity contribution in [3.8, 4) is 0 Å². The molecule has 0 saturated carbocycles. The first-order chi connectivity index (χ1) is 8.56. The largest absolute Gasteiger partial charge is 0.348 e. The van der Waals surface area contributed by atoms with E-state index >= 15 is 0 Å². The van der Waals surface area contributed by atoms with Crippen molar-refractivity contribution in [2.75, 3.05) is 20.1 Å². The minimum absolute atomic E-state index is 0.138. The van der Waals surface area contributed by atoms with Gasteiger partial charge in [-0.3, -0.25) is 4.79 Å². The fourth-order valence-corrected chi connectivity index (χ4v) is 2.35. The van der Waals surface area contributed by atoms with E-state index in [2.05, 4.69) is 29.2 Å². The molecule has 0 spiro atoms. The molecule has 0 radical (unpaired) electrons. The number of carbonyl (C=O) groups is 1. The summed E-state index contributed by atoms with van der Waals surface area (Å²) in [5, 5.41) is 2.94. The van der Waals surface area contributed by atoms with Gasteiger partial charge in [-0.15, -0.1) is 0 Å². The van der Waals surface area contributed by atoms with Crippen LogP contribution in [-0.2, 0) is 0 Å². The van der Waals surface area contributed by atoms with Gasteiger partial charge >= 0.3 is 0 Å². The van der Waals surface area contributed by atoms with Crippen molar-refractivity contribution in [1.29, 1.82) is 0 Å². The first-order valence-corrected chi connectivity index (χ1v) is 6.18. The standard InChI is InChI=1S/C13H18FN3O/c1-9-8-17(2)7-6-10(9)16-13(18)11-4-3-5-12(14)15-11/h3-5,9-10H,6-8H2,1-2H3,(H,16,18). The van der Waals surface area contributed by atoms with Crippen molar-refractivity contribution >= 4 is 5.91 Å². The fraction of sp³-hybridized carbons (Fsp3) is 0.538. The third-order valence-corrected chi connectivity index (χ3v) is 3.37. The smallest absolute Gasteiger partial charge is 0.270 e. The first-order valence-electron chi connectivity index (χ1n) is 6.18. The average molecular weight is 251 g/mol. The van der Waals surface area contributed by atoms with Crippen LogP contribution in [0.4, 0.5) is 4.39 Å². The number of amides is 1. The van der Waals surface area contributed by atoms with Gasteiger partial charge in [0.2, 0.25) is 5.95 Å². The molecule has 1 saturated heterocycles. The molecule has 4 nitrogen and oxygen atoms in total. The molecule has 2 rings (SSSR count). The van der Waals surface area contributed by atoms with Crippen molar-refractivity contribution < 1.29 is 9.18 Å². The number of pyridine rings is 1. The maximum absolute atomic E-state index is 12.9. The maximum atomic E-state index is 12.9. The van der Waals surface area contributed by atoms with E-state index in [1.807, 2.05) is 0 Å². The van der Waals surface area contributed by atoms with Gasteiger partial charge < -0.3 is 10.2 Å². The molecule has 1 aliphatic heterocycles. The van der Waals surface area contributed by atoms with E-state index in [0.29, 0.717) is 5.92 Å². The van der Waals surface area contributed by atoms with Crippen molar-refractivity contribution in [2.24, 2.45) is 5.92 Å². The van der Waals surface area contributed by atoms with Crippen LogP contribution in [-0.4, -0.2) is 42.0 Å². The molecule has 98 valence electrons. The monoisotopic (exact) mass is 251 g/mol. The molecule has 1 amide bonds. The summed E-state index contributed by atoms with van der Waals surface area (Å²) in [6.45, 7) is 4.03. The van der Waals surface area contributed by atoms with Crippen LogP contribution in [0.1, 0.15) is 23.8 Å². The molecule has 0 aromatic carbocycles. The highest BCUT2D eigenvalue weighted by Gasteiger charge is 2.26. The normalized spacial score (nSPS) is 24.8. The Morgan fingerprint density at radius 3 is 3.00 bits per heavy atom. The summed E-state index contributed by atoms with van der Waals surface area (Å²) in [5.74, 6) is -0.531. The number of hydrogen-bond acceptors (Lipinski definition) is 3. The predicted octanol–water partition coefficient (Wildman–Crippen LogP) is 1.29. The van der Waals surface area contributed by atoms with Crippen LogP contribution in [0.3, 0.4) is 0 Å². The van der Waals surface area contributed by atoms with Crippen LogP contribution in [0.15, 0.2) is 18.2 Å². The number of likely N-dealkylation sites (tertiary alicyclic amines) is 1. The zero-order valence-electron chi connectivity index (χ0n) is 10.7. The summed E-state index contributed by atoms with van der Waals surface area (Å²) in [5.41, 5.74) is 0.140. The molecule has 2 unspecified atom stereocenters. The van der Waals surface area contributed by atoms with Crippen molar-refractivity contribution in [1.82, 2.24) is 15.2 Å². The molecule has 1 aromatic heterocycles. The van der Waals surface area contributed by atoms with Gasteiger partial charge in [0.1, 0.15) is 5.69 Å². The van der Waals surface area contributed by atoms with E-state index in [0.717, 1.165) is 19.5 Å². The quantitative estimate of drug-likeness (QED) is 0.806. The van der Waals surface area contributed by atoms with Gasteiger partial charge in [-0.25, -0.2) is 4.98 Å². The van der Waals surface area contributed by atoms with Gasteiger partial charge in [-0.2, -0.15) is 4.39 Å². The number of aromatic nitrogens is 1. The molecule has 0 bridgehead atoms. The summed E-state index contributed by atoms with van der Waals surface area (Å²) in [4.78, 5) is 17.8. The molecule has 1 fully saturated rings. The summed E-state index contributed by atoms with van der Waals surface area (Å²) in [6, 6.07) is 4.39. The zero-order valence-corrected chi connectivity index (χ0v) is 10.7. The Bertz CT molecular complexity index is 438. The second kappa shape index (κ2) is 5.44. The molecule has 18 heavy (non-hydrogen) atoms. The van der Waals surface area contributed by atoms with Gasteiger partial charge in [0.15, 0.2) is 0 Å². The van der Waals surface area contributed by atoms with E-state index < -0.39 is 5.95 Å². The lowest BCUT2D eigenvalue weighted by Gasteiger charge is -2.35. The second-order valence-corrected chi connectivity index (χ2v) is 4.95. The van der Waals surface area contributed by atoms with Gasteiger partial charge in [0, 0.05) is 12.6 Å². The van der Waals surface area contributed by atoms with Gasteiger partial charge in [0.25, 0.3) is 5.91 Å². The van der Waals surface area contributed by atoms with Crippen LogP contribution < -0.4 is 5.32 Å². The summed E-state index contributed by atoms with van der Waals surface area (Å²) in [6.07, 6.45) is 0.915. The van der Waals surface area contributed by atoms with Gasteiger partial charge in [0.05, 0.1) is 0 Å². The fourth-order valence-electron chi connectivity index (χ4n) is 2.35. The van der Waals surface area contributed by atoms with E-state index in [4.69, 9.17) is 0 Å². The molecule has 5 heteroatoms. The Hall–Kier alpha value is -1.49. The highest BCUT2D eigenvalue weighted by molar-refractivity contribution is 5.92. The Labute approximate surface area is 106 Å². The predicted molar refractivity (Wildman–Crippen MR) is 66.7 cm³/mol. The Morgan fingerprint density at radius 2 is 2.33 bits per heavy atom. The maximum Gasteiger partial charge on any atom is 0.270 e. The Morgan fingerprint density at radius 1 is 1.56 bits per heavy atom. The second-order valence-electron chi connectivity index (χ2n) is 4.95. The van der Waals surface area contributed by atoms with Crippen LogP contribution in [0.25, 0.3) is 0 Å². The summed E-state index contributed by atoms with van der Waals surface area (Å²) in [7, 11) is 2.07. The van der Waals surface area contributed by atoms with E-state index in [9.17, 15) is 9.18 Å². The summed E-state index contributed by atoms with van der Waals surface area (Å²) < 4.78 is 12.9. The lowest BCUT2D eigenvalue weighted by atomic mass is 9.94. The summed E-state index contributed by atoms with van der Waals surface area (Å²) >= 11 is 0. The van der Waals surface area contributed by atoms with E-state index in [-0.39, 0.29) is 17.6 Å². The van der Waals surface area contributed by atoms with Crippen LogP contribution >= 0.6 is 0 Å². The lowest BCUT2D eigenvalue weighted by Crippen LogP contribution is -2.49. The minimum atomic E-state index is -0.626. The van der Waals surface area contributed by atoms with Crippen LogP contribution in [0.2, 0.25) is 0 Å². The average Bonchev–Trinajstić information content (AvgIpc) is 2.32. The number of piperidine rings is 1. The number of rotatable bonds is 2. The van der Waals surface area contributed by atoms with Crippen molar-refractivity contribution in [2.45, 2.75) is 19.4 Å². The lowest BCUT2D eigenvalue weighted by molar-refractivity contribution is 0.0877. The molecule has 2 atom stereocenters.